The topological polar surface area (TPSA) is 99.1 Å². The molecule has 0 aliphatic heterocycles. The van der Waals surface area contributed by atoms with Crippen LogP contribution in [0.3, 0.4) is 0 Å². The van der Waals surface area contributed by atoms with Gasteiger partial charge in [-0.25, -0.2) is 0 Å². The van der Waals surface area contributed by atoms with Crippen molar-refractivity contribution in [2.75, 3.05) is 23.6 Å². The smallest absolute Gasteiger partial charge is 0.0805 e. The monoisotopic (exact) mass is 274 g/mol. The molecule has 18 heavy (non-hydrogen) atoms. The van der Waals surface area contributed by atoms with Crippen LogP contribution in [0.2, 0.25) is 0 Å². The molecule has 0 radical (unpaired) electrons. The first kappa shape index (κ1) is 14.9. The first-order valence-electron chi connectivity index (χ1n) is 5.43. The zero-order valence-electron chi connectivity index (χ0n) is 10.2. The van der Waals surface area contributed by atoms with E-state index < -0.39 is 11.1 Å². The van der Waals surface area contributed by atoms with Crippen LogP contribution in [0.15, 0.2) is 23.1 Å². The van der Waals surface area contributed by atoms with Gasteiger partial charge in [0.25, 0.3) is 0 Å². The Morgan fingerprint density at radius 1 is 1.33 bits per heavy atom. The Morgan fingerprint density at radius 2 is 2.00 bits per heavy atom. The first-order valence-corrected chi connectivity index (χ1v) is 6.50. The van der Waals surface area contributed by atoms with Crippen molar-refractivity contribution in [3.63, 3.8) is 0 Å². The highest BCUT2D eigenvalue weighted by Crippen LogP contribution is 2.29. The molecule has 0 aliphatic carbocycles. The Bertz CT molecular complexity index is 430. The average molecular weight is 274 g/mol. The van der Waals surface area contributed by atoms with Gasteiger partial charge >= 0.3 is 0 Å². The van der Waals surface area contributed by atoms with E-state index in [0.717, 1.165) is 10.2 Å². The summed E-state index contributed by atoms with van der Waals surface area (Å²) in [6.07, 6.45) is 0. The molecule has 3 N–H and O–H groups in total. The molecule has 1 unspecified atom stereocenters. The molecule has 1 aromatic rings. The predicted molar refractivity (Wildman–Crippen MR) is 66.2 cm³/mol. The standard InChI is InChI=1S/C10H17N3O4S/c1-3-12(14)9-7-5-6-8(10(9)18(16)17)11-13(15)4-2/h5-7,11,14-15H,3-4H2,1-2H3,(H,16,17)/p-1. The molecular weight excluding hydrogens is 258 g/mol. The van der Waals surface area contributed by atoms with Crippen LogP contribution < -0.4 is 10.5 Å². The van der Waals surface area contributed by atoms with Gasteiger partial charge in [-0.05, 0) is 37.1 Å². The van der Waals surface area contributed by atoms with E-state index in [1.807, 2.05) is 0 Å². The molecule has 0 amide bonds. The highest BCUT2D eigenvalue weighted by Gasteiger charge is 2.14. The number of nitrogens with one attached hydrogen (secondary N) is 1. The lowest BCUT2D eigenvalue weighted by Gasteiger charge is -2.24. The molecule has 0 aliphatic rings. The van der Waals surface area contributed by atoms with Crippen molar-refractivity contribution in [1.82, 2.24) is 5.17 Å². The number of hydrogen-bond acceptors (Lipinski definition) is 7. The van der Waals surface area contributed by atoms with Gasteiger partial charge in [-0.3, -0.25) is 25.1 Å². The average Bonchev–Trinajstić information content (AvgIpc) is 2.36. The maximum Gasteiger partial charge on any atom is 0.0805 e. The van der Waals surface area contributed by atoms with E-state index in [-0.39, 0.29) is 29.4 Å². The summed E-state index contributed by atoms with van der Waals surface area (Å²) < 4.78 is 22.5. The Balaban J connectivity index is 3.21. The minimum Gasteiger partial charge on any atom is -0.768 e. The van der Waals surface area contributed by atoms with Gasteiger partial charge in [0.15, 0.2) is 0 Å². The summed E-state index contributed by atoms with van der Waals surface area (Å²) in [4.78, 5) is -0.102. The first-order chi connectivity index (χ1) is 8.51. The number of hydroxylamine groups is 2. The van der Waals surface area contributed by atoms with Gasteiger partial charge in [0.2, 0.25) is 0 Å². The summed E-state index contributed by atoms with van der Waals surface area (Å²) in [5.41, 5.74) is 2.86. The van der Waals surface area contributed by atoms with E-state index in [1.54, 1.807) is 19.9 Å². The van der Waals surface area contributed by atoms with Crippen molar-refractivity contribution < 1.29 is 19.2 Å². The van der Waals surface area contributed by atoms with Crippen molar-refractivity contribution in [2.45, 2.75) is 18.7 Å². The molecule has 7 nitrogen and oxygen atoms in total. The van der Waals surface area contributed by atoms with E-state index in [2.05, 4.69) is 5.43 Å². The lowest BCUT2D eigenvalue weighted by molar-refractivity contribution is -0.0609. The Morgan fingerprint density at radius 3 is 2.50 bits per heavy atom. The normalized spacial score (nSPS) is 12.6. The fourth-order valence-corrected chi connectivity index (χ4v) is 2.02. The second-order valence-electron chi connectivity index (χ2n) is 3.43. The molecule has 1 aromatic carbocycles. The number of anilines is 2. The Labute approximate surface area is 108 Å². The van der Waals surface area contributed by atoms with E-state index in [4.69, 9.17) is 0 Å². The van der Waals surface area contributed by atoms with Gasteiger partial charge in [-0.1, -0.05) is 6.07 Å². The van der Waals surface area contributed by atoms with E-state index >= 15 is 0 Å². The molecule has 0 aromatic heterocycles. The molecule has 0 bridgehead atoms. The second kappa shape index (κ2) is 6.66. The SMILES string of the molecule is CCN(O)Nc1cccc(N(O)CC)c1S(=O)[O-]. The fourth-order valence-electron chi connectivity index (χ4n) is 1.38. The fraction of sp³-hybridized carbons (Fsp3) is 0.400. The van der Waals surface area contributed by atoms with Gasteiger partial charge in [-0.2, -0.15) is 0 Å². The predicted octanol–water partition coefficient (Wildman–Crippen LogP) is 1.18. The number of hydrogen-bond donors (Lipinski definition) is 3. The number of rotatable bonds is 6. The second-order valence-corrected chi connectivity index (χ2v) is 4.31. The molecule has 1 atom stereocenters. The van der Waals surface area contributed by atoms with Crippen LogP contribution in [-0.2, 0) is 11.1 Å². The molecule has 0 fully saturated rings. The maximum atomic E-state index is 11.3. The van der Waals surface area contributed by atoms with Gasteiger partial charge in [0.05, 0.1) is 16.3 Å². The zero-order chi connectivity index (χ0) is 13.7. The van der Waals surface area contributed by atoms with Crippen LogP contribution in [0, 0.1) is 0 Å². The van der Waals surface area contributed by atoms with Crippen molar-refractivity contribution in [3.8, 4) is 0 Å². The maximum absolute atomic E-state index is 11.3. The highest BCUT2D eigenvalue weighted by atomic mass is 32.2. The third-order valence-electron chi connectivity index (χ3n) is 2.29. The van der Waals surface area contributed by atoms with Crippen molar-refractivity contribution >= 4 is 22.5 Å². The molecule has 0 spiro atoms. The number of hydrazine groups is 1. The largest absolute Gasteiger partial charge is 0.768 e. The molecule has 102 valence electrons. The third-order valence-corrected chi connectivity index (χ3v) is 3.05. The van der Waals surface area contributed by atoms with E-state index in [1.165, 1.54) is 12.1 Å². The van der Waals surface area contributed by atoms with Crippen LogP contribution >= 0.6 is 0 Å². The van der Waals surface area contributed by atoms with Gasteiger partial charge < -0.3 is 4.55 Å². The van der Waals surface area contributed by atoms with Crippen LogP contribution in [0.25, 0.3) is 0 Å². The molecule has 0 heterocycles. The van der Waals surface area contributed by atoms with E-state index in [9.17, 15) is 19.2 Å². The molecular formula is C10H16N3O4S-. The van der Waals surface area contributed by atoms with Gasteiger partial charge in [-0.15, -0.1) is 5.17 Å². The zero-order valence-corrected chi connectivity index (χ0v) is 11.0. The number of nitrogens with zero attached hydrogens (tertiary/aromatic N) is 2. The highest BCUT2D eigenvalue weighted by molar-refractivity contribution is 7.79. The minimum absolute atomic E-state index is 0.102. The van der Waals surface area contributed by atoms with Gasteiger partial charge in [0.1, 0.15) is 0 Å². The molecule has 8 heteroatoms. The summed E-state index contributed by atoms with van der Waals surface area (Å²) in [5.74, 6) is 0. The van der Waals surface area contributed by atoms with Crippen LogP contribution in [-0.4, -0.2) is 37.4 Å². The Hall–Kier alpha value is -1.19. The summed E-state index contributed by atoms with van der Waals surface area (Å²) in [7, 11) is 0. The summed E-state index contributed by atoms with van der Waals surface area (Å²) in [6, 6.07) is 4.56. The van der Waals surface area contributed by atoms with E-state index in [0.29, 0.717) is 0 Å². The van der Waals surface area contributed by atoms with Crippen molar-refractivity contribution in [3.05, 3.63) is 18.2 Å². The van der Waals surface area contributed by atoms with Crippen molar-refractivity contribution in [1.29, 1.82) is 0 Å². The molecule has 1 rings (SSSR count). The summed E-state index contributed by atoms with van der Waals surface area (Å²) in [6.45, 7) is 3.88. The molecule has 0 saturated heterocycles. The summed E-state index contributed by atoms with van der Waals surface area (Å²) in [5, 5.41) is 20.6. The summed E-state index contributed by atoms with van der Waals surface area (Å²) >= 11 is -2.54. The van der Waals surface area contributed by atoms with Crippen LogP contribution in [0.5, 0.6) is 0 Å². The van der Waals surface area contributed by atoms with Gasteiger partial charge in [0, 0.05) is 13.1 Å². The number of benzene rings is 1. The lowest BCUT2D eigenvalue weighted by atomic mass is 10.2. The minimum atomic E-state index is -2.54. The van der Waals surface area contributed by atoms with Crippen LogP contribution in [0.1, 0.15) is 13.8 Å². The van der Waals surface area contributed by atoms with Crippen molar-refractivity contribution in [2.24, 2.45) is 0 Å². The lowest BCUT2D eigenvalue weighted by Crippen LogP contribution is -2.27. The molecule has 0 saturated carbocycles. The third kappa shape index (κ3) is 3.40. The van der Waals surface area contributed by atoms with Crippen LogP contribution in [0.4, 0.5) is 11.4 Å². The Kier molecular flexibility index (Phi) is 5.51. The quantitative estimate of drug-likeness (QED) is 0.529.